The van der Waals surface area contributed by atoms with Gasteiger partial charge in [-0.15, -0.1) is 0 Å². The lowest BCUT2D eigenvalue weighted by Crippen LogP contribution is -1.95. The molecule has 66 valence electrons. The molecule has 0 saturated heterocycles. The van der Waals surface area contributed by atoms with E-state index in [4.69, 9.17) is 5.73 Å². The van der Waals surface area contributed by atoms with Crippen LogP contribution in [0.5, 0.6) is 0 Å². The van der Waals surface area contributed by atoms with Gasteiger partial charge in [-0.1, -0.05) is 11.8 Å². The zero-order chi connectivity index (χ0) is 9.68. The van der Waals surface area contributed by atoms with Crippen LogP contribution in [0, 0.1) is 17.7 Å². The van der Waals surface area contributed by atoms with Crippen LogP contribution >= 0.6 is 0 Å². The van der Waals surface area contributed by atoms with Gasteiger partial charge in [0.25, 0.3) is 0 Å². The summed E-state index contributed by atoms with van der Waals surface area (Å²) >= 11 is 0. The van der Waals surface area contributed by atoms with Crippen molar-refractivity contribution in [3.05, 3.63) is 23.6 Å². The monoisotopic (exact) mass is 178 g/mol. The van der Waals surface area contributed by atoms with Crippen LogP contribution in [0.25, 0.3) is 0 Å². The summed E-state index contributed by atoms with van der Waals surface area (Å²) in [5.41, 5.74) is 5.71. The average Bonchev–Trinajstić information content (AvgIpc) is 2.11. The fraction of sp³-hybridized carbons (Fsp3) is 0.111. The van der Waals surface area contributed by atoms with Crippen LogP contribution < -0.4 is 5.73 Å². The molecule has 1 aromatic rings. The summed E-state index contributed by atoms with van der Waals surface area (Å²) in [5.74, 6) is 4.73. The van der Waals surface area contributed by atoms with E-state index in [2.05, 4.69) is 16.8 Å². The smallest absolute Gasteiger partial charge is 0.142 e. The van der Waals surface area contributed by atoms with Gasteiger partial charge < -0.3 is 10.5 Å². The molecule has 1 aromatic heterocycles. The highest BCUT2D eigenvalue weighted by Crippen LogP contribution is 2.07. The Balaban J connectivity index is 2.95. The third-order valence-electron chi connectivity index (χ3n) is 1.29. The van der Waals surface area contributed by atoms with Crippen molar-refractivity contribution in [2.24, 2.45) is 0 Å². The van der Waals surface area contributed by atoms with Crippen molar-refractivity contribution < 1.29 is 9.18 Å². The minimum absolute atomic E-state index is 0.107. The molecule has 0 aliphatic carbocycles. The number of carbonyl (C=O) groups excluding carboxylic acids is 1. The van der Waals surface area contributed by atoms with E-state index in [1.54, 1.807) is 0 Å². The largest absolute Gasteiger partial charge is 0.383 e. The molecular formula is C9H7FN2O. The van der Waals surface area contributed by atoms with Gasteiger partial charge in [0.15, 0.2) is 0 Å². The molecule has 0 atom stereocenters. The van der Waals surface area contributed by atoms with E-state index in [9.17, 15) is 9.18 Å². The van der Waals surface area contributed by atoms with Crippen molar-refractivity contribution >= 4 is 12.1 Å². The number of aromatic nitrogens is 1. The molecule has 2 N–H and O–H groups in total. The average molecular weight is 178 g/mol. The normalized spacial score (nSPS) is 8.69. The SMILES string of the molecule is Nc1ncc(F)cc1C#CCC=O. The summed E-state index contributed by atoms with van der Waals surface area (Å²) in [6, 6.07) is 1.18. The second-order valence-electron chi connectivity index (χ2n) is 2.26. The van der Waals surface area contributed by atoms with Crippen LogP contribution in [-0.4, -0.2) is 11.3 Å². The molecule has 0 aliphatic heterocycles. The topological polar surface area (TPSA) is 56.0 Å². The summed E-state index contributed by atoms with van der Waals surface area (Å²) in [4.78, 5) is 13.5. The van der Waals surface area contributed by atoms with E-state index < -0.39 is 5.82 Å². The molecule has 0 saturated carbocycles. The Hall–Kier alpha value is -1.89. The number of anilines is 1. The van der Waals surface area contributed by atoms with Crippen LogP contribution in [-0.2, 0) is 4.79 Å². The van der Waals surface area contributed by atoms with Crippen molar-refractivity contribution in [2.45, 2.75) is 6.42 Å². The number of carbonyl (C=O) groups is 1. The third kappa shape index (κ3) is 2.56. The summed E-state index contributed by atoms with van der Waals surface area (Å²) in [5, 5.41) is 0. The van der Waals surface area contributed by atoms with Crippen LogP contribution in [0.2, 0.25) is 0 Å². The van der Waals surface area contributed by atoms with Crippen LogP contribution in [0.1, 0.15) is 12.0 Å². The molecule has 0 spiro atoms. The molecule has 4 heteroatoms. The van der Waals surface area contributed by atoms with E-state index in [0.29, 0.717) is 11.8 Å². The van der Waals surface area contributed by atoms with E-state index in [1.807, 2.05) is 0 Å². The van der Waals surface area contributed by atoms with E-state index in [1.165, 1.54) is 6.07 Å². The third-order valence-corrected chi connectivity index (χ3v) is 1.29. The van der Waals surface area contributed by atoms with Crippen molar-refractivity contribution in [1.82, 2.24) is 4.98 Å². The number of nitrogens with two attached hydrogens (primary N) is 1. The first-order valence-electron chi connectivity index (χ1n) is 3.57. The highest BCUT2D eigenvalue weighted by Gasteiger charge is 1.97. The summed E-state index contributed by atoms with van der Waals surface area (Å²) in [7, 11) is 0. The lowest BCUT2D eigenvalue weighted by Gasteiger charge is -1.95. The molecule has 0 unspecified atom stereocenters. The summed E-state index contributed by atoms with van der Waals surface area (Å²) in [6.07, 6.45) is 1.78. The Morgan fingerprint density at radius 2 is 2.46 bits per heavy atom. The molecule has 13 heavy (non-hydrogen) atoms. The first-order chi connectivity index (χ1) is 6.24. The molecular weight excluding hydrogens is 171 g/mol. The molecule has 0 amide bonds. The molecule has 0 aliphatic rings. The van der Waals surface area contributed by atoms with Crippen molar-refractivity contribution in [1.29, 1.82) is 0 Å². The minimum Gasteiger partial charge on any atom is -0.383 e. The molecule has 0 bridgehead atoms. The Labute approximate surface area is 74.8 Å². The number of hydrogen-bond donors (Lipinski definition) is 1. The molecule has 0 fully saturated rings. The minimum atomic E-state index is -0.496. The number of hydrogen-bond acceptors (Lipinski definition) is 3. The van der Waals surface area contributed by atoms with Gasteiger partial charge in [0.05, 0.1) is 18.2 Å². The van der Waals surface area contributed by atoms with E-state index >= 15 is 0 Å². The van der Waals surface area contributed by atoms with Crippen molar-refractivity contribution in [3.63, 3.8) is 0 Å². The highest BCUT2D eigenvalue weighted by molar-refractivity contribution is 5.57. The Kier molecular flexibility index (Phi) is 2.98. The standard InChI is InChI=1S/C9H7FN2O/c10-8-5-7(3-1-2-4-13)9(11)12-6-8/h4-6H,2H2,(H2,11,12). The summed E-state index contributed by atoms with van der Waals surface area (Å²) < 4.78 is 12.6. The lowest BCUT2D eigenvalue weighted by molar-refractivity contribution is -0.107. The van der Waals surface area contributed by atoms with Gasteiger partial charge in [-0.2, -0.15) is 0 Å². The van der Waals surface area contributed by atoms with Gasteiger partial charge in [-0.25, -0.2) is 9.37 Å². The van der Waals surface area contributed by atoms with Gasteiger partial charge in [-0.05, 0) is 6.07 Å². The van der Waals surface area contributed by atoms with Crippen LogP contribution in [0.4, 0.5) is 10.2 Å². The van der Waals surface area contributed by atoms with Gasteiger partial charge in [0.2, 0.25) is 0 Å². The fourth-order valence-corrected chi connectivity index (χ4v) is 0.738. The second-order valence-corrected chi connectivity index (χ2v) is 2.26. The first-order valence-corrected chi connectivity index (χ1v) is 3.57. The molecule has 3 nitrogen and oxygen atoms in total. The van der Waals surface area contributed by atoms with Crippen LogP contribution in [0.15, 0.2) is 12.3 Å². The maximum atomic E-state index is 12.6. The lowest BCUT2D eigenvalue weighted by atomic mass is 10.2. The van der Waals surface area contributed by atoms with Gasteiger partial charge in [-0.3, -0.25) is 0 Å². The molecule has 0 aromatic carbocycles. The van der Waals surface area contributed by atoms with Crippen molar-refractivity contribution in [2.75, 3.05) is 5.73 Å². The predicted molar refractivity (Wildman–Crippen MR) is 46.2 cm³/mol. The fourth-order valence-electron chi connectivity index (χ4n) is 0.738. The van der Waals surface area contributed by atoms with E-state index in [0.717, 1.165) is 6.20 Å². The molecule has 0 radical (unpaired) electrons. The van der Waals surface area contributed by atoms with Gasteiger partial charge in [0, 0.05) is 0 Å². The predicted octanol–water partition coefficient (Wildman–Crippen LogP) is 0.743. The summed E-state index contributed by atoms with van der Waals surface area (Å²) in [6.45, 7) is 0. The maximum Gasteiger partial charge on any atom is 0.142 e. The second kappa shape index (κ2) is 4.21. The quantitative estimate of drug-likeness (QED) is 0.509. The van der Waals surface area contributed by atoms with Gasteiger partial charge >= 0.3 is 0 Å². The molecule has 1 heterocycles. The Morgan fingerprint density at radius 3 is 3.15 bits per heavy atom. The number of nitrogens with zero attached hydrogens (tertiary/aromatic N) is 1. The van der Waals surface area contributed by atoms with E-state index in [-0.39, 0.29) is 12.2 Å². The zero-order valence-corrected chi connectivity index (χ0v) is 6.75. The highest BCUT2D eigenvalue weighted by atomic mass is 19.1. The Morgan fingerprint density at radius 1 is 1.69 bits per heavy atom. The number of pyridine rings is 1. The number of nitrogen functional groups attached to an aromatic ring is 1. The van der Waals surface area contributed by atoms with Crippen LogP contribution in [0.3, 0.4) is 0 Å². The first kappa shape index (κ1) is 9.20. The number of rotatable bonds is 1. The molecule has 1 rings (SSSR count). The number of halogens is 1. The van der Waals surface area contributed by atoms with Crippen molar-refractivity contribution in [3.8, 4) is 11.8 Å². The Bertz CT molecular complexity index is 379. The zero-order valence-electron chi connectivity index (χ0n) is 6.75. The maximum absolute atomic E-state index is 12.6. The number of aldehydes is 1. The van der Waals surface area contributed by atoms with Gasteiger partial charge in [0.1, 0.15) is 17.9 Å².